The molecular formula is C16H33IN4O3. The number of nitrogens with one attached hydrogen (secondary N) is 3. The molecule has 24 heavy (non-hydrogen) atoms. The monoisotopic (exact) mass is 456 g/mol. The molecule has 1 atom stereocenters. The Morgan fingerprint density at radius 1 is 1.38 bits per heavy atom. The number of ether oxygens (including phenoxy) is 1. The summed E-state index contributed by atoms with van der Waals surface area (Å²) in [4.78, 5) is 16.3. The largest absolute Gasteiger partial charge is 0.396 e. The fourth-order valence-electron chi connectivity index (χ4n) is 2.56. The first kappa shape index (κ1) is 23.4. The van der Waals surface area contributed by atoms with Crippen molar-refractivity contribution in [1.29, 1.82) is 0 Å². The summed E-state index contributed by atoms with van der Waals surface area (Å²) in [5, 5.41) is 18.5. The SMILES string of the molecule is CCNC(=NCC1(CCO)CCOC1)NCCC(=O)NC(C)C.I. The molecule has 1 saturated heterocycles. The molecule has 8 heteroatoms. The van der Waals surface area contributed by atoms with E-state index in [4.69, 9.17) is 4.74 Å². The normalized spacial score (nSPS) is 20.6. The van der Waals surface area contributed by atoms with E-state index in [-0.39, 0.29) is 47.9 Å². The summed E-state index contributed by atoms with van der Waals surface area (Å²) < 4.78 is 5.48. The van der Waals surface area contributed by atoms with Gasteiger partial charge in [-0.25, -0.2) is 0 Å². The van der Waals surface area contributed by atoms with E-state index in [1.807, 2.05) is 20.8 Å². The lowest BCUT2D eigenvalue weighted by atomic mass is 9.84. The number of aliphatic imine (C=N–C) groups is 1. The number of carbonyl (C=O) groups excluding carboxylic acids is 1. The zero-order valence-corrected chi connectivity index (χ0v) is 17.4. The number of guanidine groups is 1. The van der Waals surface area contributed by atoms with Crippen LogP contribution in [0.3, 0.4) is 0 Å². The second kappa shape index (κ2) is 12.7. The summed E-state index contributed by atoms with van der Waals surface area (Å²) in [5.74, 6) is 0.735. The zero-order chi connectivity index (χ0) is 17.1. The van der Waals surface area contributed by atoms with Crippen LogP contribution >= 0.6 is 24.0 Å². The van der Waals surface area contributed by atoms with Gasteiger partial charge in [0.15, 0.2) is 5.96 Å². The third-order valence-electron chi connectivity index (χ3n) is 3.84. The van der Waals surface area contributed by atoms with Gasteiger partial charge in [-0.3, -0.25) is 9.79 Å². The highest BCUT2D eigenvalue weighted by Gasteiger charge is 2.34. The number of nitrogens with zero attached hydrogens (tertiary/aromatic N) is 1. The van der Waals surface area contributed by atoms with Crippen molar-refractivity contribution in [2.24, 2.45) is 10.4 Å². The van der Waals surface area contributed by atoms with Gasteiger partial charge in [0, 0.05) is 44.2 Å². The summed E-state index contributed by atoms with van der Waals surface area (Å²) in [6, 6.07) is 0.158. The fraction of sp³-hybridized carbons (Fsp3) is 0.875. The Morgan fingerprint density at radius 2 is 2.12 bits per heavy atom. The molecule has 142 valence electrons. The van der Waals surface area contributed by atoms with Gasteiger partial charge in [-0.05, 0) is 33.6 Å². The van der Waals surface area contributed by atoms with Gasteiger partial charge < -0.3 is 25.8 Å². The van der Waals surface area contributed by atoms with Crippen LogP contribution in [0.15, 0.2) is 4.99 Å². The van der Waals surface area contributed by atoms with Crippen LogP contribution in [0.25, 0.3) is 0 Å². The summed E-state index contributed by atoms with van der Waals surface area (Å²) in [6.45, 7) is 9.33. The molecular weight excluding hydrogens is 423 g/mol. The molecule has 1 heterocycles. The maximum Gasteiger partial charge on any atom is 0.221 e. The Balaban J connectivity index is 0.00000529. The summed E-state index contributed by atoms with van der Waals surface area (Å²) in [5.41, 5.74) is -0.0634. The molecule has 1 aliphatic rings. The van der Waals surface area contributed by atoms with E-state index < -0.39 is 0 Å². The van der Waals surface area contributed by atoms with Gasteiger partial charge in [0.05, 0.1) is 13.2 Å². The Bertz CT molecular complexity index is 386. The fourth-order valence-corrected chi connectivity index (χ4v) is 2.56. The Morgan fingerprint density at radius 3 is 2.67 bits per heavy atom. The van der Waals surface area contributed by atoms with Crippen LogP contribution in [0.5, 0.6) is 0 Å². The van der Waals surface area contributed by atoms with Crippen LogP contribution in [-0.2, 0) is 9.53 Å². The smallest absolute Gasteiger partial charge is 0.221 e. The predicted octanol–water partition coefficient (Wildman–Crippen LogP) is 0.863. The number of aliphatic hydroxyl groups excluding tert-OH is 1. The van der Waals surface area contributed by atoms with Crippen molar-refractivity contribution >= 4 is 35.8 Å². The average Bonchev–Trinajstić information content (AvgIpc) is 2.93. The molecule has 1 amide bonds. The first-order valence-electron chi connectivity index (χ1n) is 8.51. The van der Waals surface area contributed by atoms with Crippen molar-refractivity contribution in [3.8, 4) is 0 Å². The van der Waals surface area contributed by atoms with E-state index in [1.165, 1.54) is 0 Å². The first-order valence-corrected chi connectivity index (χ1v) is 8.51. The molecule has 0 aromatic heterocycles. The van der Waals surface area contributed by atoms with E-state index in [0.29, 0.717) is 38.5 Å². The number of aliphatic hydroxyl groups is 1. The van der Waals surface area contributed by atoms with Crippen LogP contribution in [-0.4, -0.2) is 62.5 Å². The van der Waals surface area contributed by atoms with E-state index >= 15 is 0 Å². The van der Waals surface area contributed by atoms with Crippen molar-refractivity contribution in [3.63, 3.8) is 0 Å². The van der Waals surface area contributed by atoms with Crippen LogP contribution in [0.2, 0.25) is 0 Å². The number of amides is 1. The summed E-state index contributed by atoms with van der Waals surface area (Å²) in [7, 11) is 0. The lowest BCUT2D eigenvalue weighted by molar-refractivity contribution is -0.121. The third kappa shape index (κ3) is 9.03. The molecule has 0 aromatic carbocycles. The Hall–Kier alpha value is -0.610. The van der Waals surface area contributed by atoms with E-state index in [0.717, 1.165) is 19.6 Å². The Kier molecular flexibility index (Phi) is 12.4. The molecule has 0 radical (unpaired) electrons. The highest BCUT2D eigenvalue weighted by atomic mass is 127. The summed E-state index contributed by atoms with van der Waals surface area (Å²) in [6.07, 6.45) is 2.04. The van der Waals surface area contributed by atoms with Gasteiger partial charge in [0.1, 0.15) is 0 Å². The quantitative estimate of drug-likeness (QED) is 0.235. The molecule has 4 N–H and O–H groups in total. The number of hydrogen-bond donors (Lipinski definition) is 4. The number of halogens is 1. The van der Waals surface area contributed by atoms with E-state index in [1.54, 1.807) is 0 Å². The van der Waals surface area contributed by atoms with Gasteiger partial charge >= 0.3 is 0 Å². The topological polar surface area (TPSA) is 95.0 Å². The van der Waals surface area contributed by atoms with Crippen LogP contribution < -0.4 is 16.0 Å². The van der Waals surface area contributed by atoms with Crippen LogP contribution in [0.4, 0.5) is 0 Å². The second-order valence-corrected chi connectivity index (χ2v) is 6.37. The van der Waals surface area contributed by atoms with E-state index in [9.17, 15) is 9.90 Å². The molecule has 1 unspecified atom stereocenters. The third-order valence-corrected chi connectivity index (χ3v) is 3.84. The molecule has 0 aromatic rings. The molecule has 1 fully saturated rings. The van der Waals surface area contributed by atoms with Crippen molar-refractivity contribution in [2.45, 2.75) is 46.1 Å². The minimum absolute atomic E-state index is 0. The van der Waals surface area contributed by atoms with Crippen molar-refractivity contribution in [2.75, 3.05) is 39.5 Å². The number of rotatable bonds is 9. The predicted molar refractivity (Wildman–Crippen MR) is 107 cm³/mol. The van der Waals surface area contributed by atoms with E-state index in [2.05, 4.69) is 20.9 Å². The minimum atomic E-state index is -0.0634. The second-order valence-electron chi connectivity index (χ2n) is 6.37. The molecule has 1 aliphatic heterocycles. The molecule has 0 bridgehead atoms. The van der Waals surface area contributed by atoms with Crippen LogP contribution in [0.1, 0.15) is 40.0 Å². The van der Waals surface area contributed by atoms with Gasteiger partial charge in [-0.1, -0.05) is 0 Å². The molecule has 0 saturated carbocycles. The number of hydrogen-bond acceptors (Lipinski definition) is 4. The van der Waals surface area contributed by atoms with Gasteiger partial charge in [0.2, 0.25) is 5.91 Å². The first-order chi connectivity index (χ1) is 11.0. The molecule has 1 rings (SSSR count). The number of carbonyl (C=O) groups is 1. The average molecular weight is 456 g/mol. The minimum Gasteiger partial charge on any atom is -0.396 e. The highest BCUT2D eigenvalue weighted by molar-refractivity contribution is 14.0. The van der Waals surface area contributed by atoms with Crippen molar-refractivity contribution in [3.05, 3.63) is 0 Å². The van der Waals surface area contributed by atoms with Gasteiger partial charge in [0.25, 0.3) is 0 Å². The lowest BCUT2D eigenvalue weighted by Gasteiger charge is -2.24. The van der Waals surface area contributed by atoms with Gasteiger partial charge in [-0.2, -0.15) is 0 Å². The standard InChI is InChI=1S/C16H32N4O3.HI/c1-4-17-15(18-8-5-14(22)20-13(2)3)19-11-16(6-9-21)7-10-23-12-16;/h13,21H,4-12H2,1-3H3,(H,20,22)(H2,17,18,19);1H. The molecule has 0 spiro atoms. The molecule has 7 nitrogen and oxygen atoms in total. The maximum absolute atomic E-state index is 11.6. The summed E-state index contributed by atoms with van der Waals surface area (Å²) >= 11 is 0. The zero-order valence-electron chi connectivity index (χ0n) is 15.1. The maximum atomic E-state index is 11.6. The lowest BCUT2D eigenvalue weighted by Crippen LogP contribution is -2.41. The van der Waals surface area contributed by atoms with Crippen molar-refractivity contribution < 1.29 is 14.6 Å². The van der Waals surface area contributed by atoms with Gasteiger partial charge in [-0.15, -0.1) is 24.0 Å². The highest BCUT2D eigenvalue weighted by Crippen LogP contribution is 2.32. The molecule has 0 aliphatic carbocycles. The van der Waals surface area contributed by atoms with Crippen molar-refractivity contribution in [1.82, 2.24) is 16.0 Å². The Labute approximate surface area is 162 Å². The van der Waals surface area contributed by atoms with Crippen LogP contribution in [0, 0.1) is 5.41 Å².